The summed E-state index contributed by atoms with van der Waals surface area (Å²) in [4.78, 5) is 39.4. The van der Waals surface area contributed by atoms with E-state index >= 15 is 0 Å². The highest BCUT2D eigenvalue weighted by Gasteiger charge is 2.56. The van der Waals surface area contributed by atoms with Crippen molar-refractivity contribution in [1.29, 1.82) is 0 Å². The number of hydrogen-bond donors (Lipinski definition) is 1. The lowest BCUT2D eigenvalue weighted by Crippen LogP contribution is -2.47. The Bertz CT molecular complexity index is 612. The molecule has 22 heavy (non-hydrogen) atoms. The summed E-state index contributed by atoms with van der Waals surface area (Å²) >= 11 is 1.57. The van der Waals surface area contributed by atoms with Gasteiger partial charge in [-0.2, -0.15) is 11.3 Å². The van der Waals surface area contributed by atoms with Crippen molar-refractivity contribution in [2.75, 3.05) is 13.6 Å². The minimum Gasteiger partial charge on any atom is -0.340 e. The van der Waals surface area contributed by atoms with E-state index in [1.807, 2.05) is 16.8 Å². The van der Waals surface area contributed by atoms with Crippen LogP contribution in [0.2, 0.25) is 0 Å². The van der Waals surface area contributed by atoms with E-state index in [2.05, 4.69) is 5.32 Å². The number of nitrogens with one attached hydrogen (secondary N) is 1. The molecule has 3 rings (SSSR count). The molecule has 1 aromatic rings. The highest BCUT2D eigenvalue weighted by atomic mass is 32.1. The van der Waals surface area contributed by atoms with Gasteiger partial charge in [-0.15, -0.1) is 0 Å². The maximum Gasteiger partial charge on any atom is 0.325 e. The summed E-state index contributed by atoms with van der Waals surface area (Å²) < 4.78 is 0. The Kier molecular flexibility index (Phi) is 3.68. The van der Waals surface area contributed by atoms with E-state index in [0.29, 0.717) is 6.54 Å². The van der Waals surface area contributed by atoms with Gasteiger partial charge in [-0.1, -0.05) is 0 Å². The molecule has 1 saturated carbocycles. The molecule has 1 aliphatic heterocycles. The van der Waals surface area contributed by atoms with Crippen molar-refractivity contribution >= 4 is 29.2 Å². The van der Waals surface area contributed by atoms with E-state index in [0.717, 1.165) is 23.3 Å². The van der Waals surface area contributed by atoms with E-state index in [1.165, 1.54) is 4.90 Å². The quantitative estimate of drug-likeness (QED) is 0.834. The van der Waals surface area contributed by atoms with E-state index in [4.69, 9.17) is 0 Å². The third kappa shape index (κ3) is 2.61. The van der Waals surface area contributed by atoms with E-state index < -0.39 is 11.6 Å². The number of amides is 4. The predicted octanol–water partition coefficient (Wildman–Crippen LogP) is 1.43. The van der Waals surface area contributed by atoms with E-state index in [-0.39, 0.29) is 24.3 Å². The van der Waals surface area contributed by atoms with E-state index in [9.17, 15) is 14.4 Å². The van der Waals surface area contributed by atoms with Crippen molar-refractivity contribution in [3.8, 4) is 0 Å². The summed E-state index contributed by atoms with van der Waals surface area (Å²) in [6.45, 7) is 2.03. The zero-order chi connectivity index (χ0) is 15.9. The minimum absolute atomic E-state index is 0.201. The van der Waals surface area contributed by atoms with Gasteiger partial charge in [-0.25, -0.2) is 4.79 Å². The van der Waals surface area contributed by atoms with Gasteiger partial charge >= 0.3 is 6.03 Å². The monoisotopic (exact) mass is 321 g/mol. The summed E-state index contributed by atoms with van der Waals surface area (Å²) in [5.41, 5.74) is 0.212. The first-order valence-electron chi connectivity index (χ1n) is 7.31. The van der Waals surface area contributed by atoms with Crippen molar-refractivity contribution in [2.24, 2.45) is 5.92 Å². The second-order valence-corrected chi connectivity index (χ2v) is 6.96. The summed E-state index contributed by atoms with van der Waals surface area (Å²) in [5, 5.41) is 6.67. The van der Waals surface area contributed by atoms with Gasteiger partial charge in [0.1, 0.15) is 12.1 Å². The molecular weight excluding hydrogens is 302 g/mol. The second-order valence-electron chi connectivity index (χ2n) is 6.18. The summed E-state index contributed by atoms with van der Waals surface area (Å²) in [7, 11) is 1.68. The molecule has 2 fully saturated rings. The maximum absolute atomic E-state index is 12.5. The molecule has 1 N–H and O–H groups in total. The lowest BCUT2D eigenvalue weighted by atomic mass is 9.96. The number of hydrogen-bond acceptors (Lipinski definition) is 4. The van der Waals surface area contributed by atoms with Crippen molar-refractivity contribution in [3.05, 3.63) is 22.4 Å². The summed E-state index contributed by atoms with van der Waals surface area (Å²) in [6.07, 6.45) is 1.89. The molecule has 1 atom stereocenters. The number of carbonyl (C=O) groups excluding carboxylic acids is 3. The number of likely N-dealkylation sites (N-methyl/N-ethyl adjacent to an activating group) is 1. The molecule has 0 radical (unpaired) electrons. The van der Waals surface area contributed by atoms with Gasteiger partial charge in [0.2, 0.25) is 5.91 Å². The largest absolute Gasteiger partial charge is 0.340 e. The maximum atomic E-state index is 12.5. The van der Waals surface area contributed by atoms with E-state index in [1.54, 1.807) is 25.3 Å². The first-order chi connectivity index (χ1) is 10.4. The van der Waals surface area contributed by atoms with Crippen LogP contribution in [0.5, 0.6) is 0 Å². The molecule has 4 amide bonds. The van der Waals surface area contributed by atoms with Crippen LogP contribution in [-0.4, -0.2) is 46.8 Å². The molecule has 7 heteroatoms. The van der Waals surface area contributed by atoms with Crippen LogP contribution in [0.4, 0.5) is 4.79 Å². The predicted molar refractivity (Wildman–Crippen MR) is 82.2 cm³/mol. The van der Waals surface area contributed by atoms with Crippen LogP contribution in [0.25, 0.3) is 0 Å². The molecule has 2 aliphatic rings. The number of nitrogens with zero attached hydrogens (tertiary/aromatic N) is 2. The van der Waals surface area contributed by atoms with Crippen LogP contribution >= 0.6 is 11.3 Å². The Morgan fingerprint density at radius 1 is 1.50 bits per heavy atom. The number of urea groups is 1. The Morgan fingerprint density at radius 2 is 2.23 bits per heavy atom. The molecule has 0 unspecified atom stereocenters. The second kappa shape index (κ2) is 5.39. The van der Waals surface area contributed by atoms with Crippen molar-refractivity contribution in [3.63, 3.8) is 0 Å². The van der Waals surface area contributed by atoms with Gasteiger partial charge in [-0.3, -0.25) is 14.5 Å². The lowest BCUT2D eigenvalue weighted by molar-refractivity contribution is -0.138. The average Bonchev–Trinajstić information content (AvgIpc) is 3.18. The van der Waals surface area contributed by atoms with Crippen LogP contribution < -0.4 is 5.32 Å². The van der Waals surface area contributed by atoms with Crippen LogP contribution in [0.1, 0.15) is 25.3 Å². The summed E-state index contributed by atoms with van der Waals surface area (Å²) in [6, 6.07) is 1.49. The molecule has 0 spiro atoms. The molecule has 1 saturated heterocycles. The fourth-order valence-electron chi connectivity index (χ4n) is 2.80. The zero-order valence-electron chi connectivity index (χ0n) is 12.7. The highest BCUT2D eigenvalue weighted by Crippen LogP contribution is 2.42. The molecule has 6 nitrogen and oxygen atoms in total. The van der Waals surface area contributed by atoms with Gasteiger partial charge in [0, 0.05) is 13.6 Å². The van der Waals surface area contributed by atoms with Crippen LogP contribution in [0.3, 0.4) is 0 Å². The first-order valence-corrected chi connectivity index (χ1v) is 8.25. The SMILES string of the molecule is CN(Cc1ccsc1)C(=O)CN1C(=O)N[C@@](C)(C2CC2)C1=O. The Morgan fingerprint density at radius 3 is 2.82 bits per heavy atom. The molecule has 1 aliphatic carbocycles. The average molecular weight is 321 g/mol. The summed E-state index contributed by atoms with van der Waals surface area (Å²) in [5.74, 6) is -0.320. The molecule has 2 heterocycles. The molecule has 1 aromatic heterocycles. The molecular formula is C15H19N3O3S. The standard InChI is InChI=1S/C15H19N3O3S/c1-15(11-3-4-11)13(20)18(14(21)16-15)8-12(19)17(2)7-10-5-6-22-9-10/h5-6,9,11H,3-4,7-8H2,1-2H3,(H,16,21)/t15-/m0/s1. The number of thiophene rings is 1. The van der Waals surface area contributed by atoms with Crippen LogP contribution in [0.15, 0.2) is 16.8 Å². The number of imide groups is 1. The van der Waals surface area contributed by atoms with Crippen molar-refractivity contribution in [2.45, 2.75) is 31.8 Å². The number of rotatable bonds is 5. The van der Waals surface area contributed by atoms with Crippen molar-refractivity contribution in [1.82, 2.24) is 15.1 Å². The minimum atomic E-state index is -0.830. The topological polar surface area (TPSA) is 69.7 Å². The normalized spacial score (nSPS) is 24.5. The Balaban J connectivity index is 1.63. The van der Waals surface area contributed by atoms with Gasteiger partial charge in [0.05, 0.1) is 0 Å². The smallest absolute Gasteiger partial charge is 0.325 e. The van der Waals surface area contributed by atoms with Crippen LogP contribution in [-0.2, 0) is 16.1 Å². The van der Waals surface area contributed by atoms with Crippen molar-refractivity contribution < 1.29 is 14.4 Å². The third-order valence-corrected chi connectivity index (χ3v) is 5.15. The van der Waals surface area contributed by atoms with Gasteiger partial charge in [0.15, 0.2) is 0 Å². The Labute approximate surface area is 133 Å². The molecule has 0 aromatic carbocycles. The fraction of sp³-hybridized carbons (Fsp3) is 0.533. The van der Waals surface area contributed by atoms with Gasteiger partial charge in [-0.05, 0) is 48.1 Å². The van der Waals surface area contributed by atoms with Crippen LogP contribution in [0, 0.1) is 5.92 Å². The van der Waals surface area contributed by atoms with Gasteiger partial charge in [0.25, 0.3) is 5.91 Å². The highest BCUT2D eigenvalue weighted by molar-refractivity contribution is 7.07. The van der Waals surface area contributed by atoms with Gasteiger partial charge < -0.3 is 10.2 Å². The Hall–Kier alpha value is -1.89. The molecule has 0 bridgehead atoms. The molecule has 118 valence electrons. The first kappa shape index (κ1) is 15.0. The lowest BCUT2D eigenvalue weighted by Gasteiger charge is -2.22. The third-order valence-electron chi connectivity index (χ3n) is 4.41. The fourth-order valence-corrected chi connectivity index (χ4v) is 3.46. The zero-order valence-corrected chi connectivity index (χ0v) is 13.5. The number of carbonyl (C=O) groups is 3.